The molecule has 2 aromatic carbocycles. The summed E-state index contributed by atoms with van der Waals surface area (Å²) in [5, 5.41) is 0.972. The van der Waals surface area contributed by atoms with Crippen molar-refractivity contribution in [2.24, 2.45) is 23.2 Å². The summed E-state index contributed by atoms with van der Waals surface area (Å²) >= 11 is 0. The molecular weight excluding hydrogens is 548 g/mol. The van der Waals surface area contributed by atoms with Gasteiger partial charge in [0, 0.05) is 34.9 Å². The van der Waals surface area contributed by atoms with Crippen LogP contribution in [0.3, 0.4) is 0 Å². The Morgan fingerprint density at radius 2 is 1.68 bits per heavy atom. The molecule has 0 bridgehead atoms. The Bertz CT molecular complexity index is 1550. The second-order valence-corrected chi connectivity index (χ2v) is 13.8. The predicted octanol–water partition coefficient (Wildman–Crippen LogP) is 8.74. The lowest BCUT2D eigenvalue weighted by Gasteiger charge is -2.38. The number of ether oxygens (including phenoxy) is 2. The van der Waals surface area contributed by atoms with Crippen LogP contribution in [0.2, 0.25) is 0 Å². The topological polar surface area (TPSA) is 65.7 Å². The fraction of sp³-hybridized carbons (Fsp3) is 0.487. The highest BCUT2D eigenvalue weighted by Crippen LogP contribution is 2.45. The lowest BCUT2D eigenvalue weighted by atomic mass is 9.66. The fourth-order valence-corrected chi connectivity index (χ4v) is 6.54. The Morgan fingerprint density at radius 1 is 1.00 bits per heavy atom. The van der Waals surface area contributed by atoms with E-state index < -0.39 is 11.5 Å². The molecule has 1 aliphatic heterocycles. The Hall–Kier alpha value is -3.78. The minimum atomic E-state index is -0.593. The standard InChI is InChI=1S/C39H46O5/c1-26(2)19-31(20-27(3)4)13-15-32-22-35(44-37(32)40)25-42-38(41)39(17-6-18-39)24-34-23-33-21-30(14-16-36(33)43-34)12-11-29-9-7-28(5)8-10-29/h7-10,14-16,21,23,26-27,31,35H,6,13,17-20,22,24-25H2,1-5H3/b32-15+. The van der Waals surface area contributed by atoms with Gasteiger partial charge in [-0.2, -0.15) is 0 Å². The first-order chi connectivity index (χ1) is 21.1. The molecule has 1 saturated heterocycles. The van der Waals surface area contributed by atoms with Crippen LogP contribution in [0.1, 0.15) is 95.1 Å². The Balaban J connectivity index is 1.17. The number of hydrogen-bond donors (Lipinski definition) is 0. The van der Waals surface area contributed by atoms with Gasteiger partial charge in [-0.25, -0.2) is 4.79 Å². The highest BCUT2D eigenvalue weighted by molar-refractivity contribution is 5.90. The van der Waals surface area contributed by atoms with E-state index in [2.05, 4.69) is 64.7 Å². The second kappa shape index (κ2) is 13.9. The molecule has 5 heteroatoms. The van der Waals surface area contributed by atoms with Crippen LogP contribution < -0.4 is 0 Å². The molecule has 44 heavy (non-hydrogen) atoms. The van der Waals surface area contributed by atoms with Crippen molar-refractivity contribution in [2.45, 2.75) is 92.1 Å². The number of fused-ring (bicyclic) bond motifs is 1. The lowest BCUT2D eigenvalue weighted by Crippen LogP contribution is -2.42. The minimum absolute atomic E-state index is 0.0915. The number of hydrogen-bond acceptors (Lipinski definition) is 5. The number of cyclic esters (lactones) is 1. The molecule has 1 saturated carbocycles. The molecule has 0 spiro atoms. The molecule has 1 aromatic heterocycles. The minimum Gasteiger partial charge on any atom is -0.461 e. The van der Waals surface area contributed by atoms with Crippen molar-refractivity contribution in [1.82, 2.24) is 0 Å². The number of carbonyl (C=O) groups is 2. The summed E-state index contributed by atoms with van der Waals surface area (Å²) in [5.41, 5.74) is 4.01. The number of benzene rings is 2. The maximum absolute atomic E-state index is 13.4. The van der Waals surface area contributed by atoms with E-state index in [-0.39, 0.29) is 18.5 Å². The van der Waals surface area contributed by atoms with Crippen LogP contribution in [-0.4, -0.2) is 24.6 Å². The molecule has 1 aliphatic carbocycles. The van der Waals surface area contributed by atoms with Crippen molar-refractivity contribution in [3.05, 3.63) is 82.6 Å². The molecule has 232 valence electrons. The molecule has 1 atom stereocenters. The van der Waals surface area contributed by atoms with Crippen LogP contribution in [0, 0.1) is 41.9 Å². The number of allylic oxidation sites excluding steroid dienone is 1. The maximum Gasteiger partial charge on any atom is 0.334 e. The van der Waals surface area contributed by atoms with E-state index in [9.17, 15) is 9.59 Å². The third kappa shape index (κ3) is 8.03. The predicted molar refractivity (Wildman–Crippen MR) is 174 cm³/mol. The van der Waals surface area contributed by atoms with Crippen LogP contribution in [-0.2, 0) is 25.5 Å². The van der Waals surface area contributed by atoms with E-state index in [1.807, 2.05) is 36.4 Å². The van der Waals surface area contributed by atoms with Gasteiger partial charge in [0.25, 0.3) is 0 Å². The highest BCUT2D eigenvalue weighted by Gasteiger charge is 2.47. The SMILES string of the molecule is Cc1ccc(C#Cc2ccc3oc(CC4(C(=O)OCC5C/C(=C\CC(CC(C)C)CC(C)C)C(=O)O5)CCC4)cc3c2)cc1. The van der Waals surface area contributed by atoms with Crippen molar-refractivity contribution in [2.75, 3.05) is 6.61 Å². The molecule has 1 unspecified atom stereocenters. The fourth-order valence-electron chi connectivity index (χ4n) is 6.54. The van der Waals surface area contributed by atoms with Gasteiger partial charge >= 0.3 is 11.9 Å². The van der Waals surface area contributed by atoms with Crippen LogP contribution in [0.25, 0.3) is 11.0 Å². The van der Waals surface area contributed by atoms with Crippen LogP contribution >= 0.6 is 0 Å². The van der Waals surface area contributed by atoms with Gasteiger partial charge in [0.2, 0.25) is 0 Å². The van der Waals surface area contributed by atoms with Crippen LogP contribution in [0.5, 0.6) is 0 Å². The lowest BCUT2D eigenvalue weighted by molar-refractivity contribution is -0.167. The van der Waals surface area contributed by atoms with Crippen molar-refractivity contribution in [3.63, 3.8) is 0 Å². The summed E-state index contributed by atoms with van der Waals surface area (Å²) in [4.78, 5) is 25.9. The first-order valence-corrected chi connectivity index (χ1v) is 16.3. The molecule has 2 fully saturated rings. The molecule has 2 heterocycles. The van der Waals surface area contributed by atoms with Gasteiger partial charge in [-0.15, -0.1) is 0 Å². The second-order valence-electron chi connectivity index (χ2n) is 13.8. The molecular formula is C39H46O5. The van der Waals surface area contributed by atoms with Gasteiger partial charge in [-0.1, -0.05) is 69.7 Å². The molecule has 0 N–H and O–H groups in total. The quantitative estimate of drug-likeness (QED) is 0.126. The number of aryl methyl sites for hydroxylation is 1. The zero-order valence-corrected chi connectivity index (χ0v) is 26.9. The summed E-state index contributed by atoms with van der Waals surface area (Å²) < 4.78 is 17.5. The van der Waals surface area contributed by atoms with Gasteiger partial charge in [0.15, 0.2) is 0 Å². The third-order valence-corrected chi connectivity index (χ3v) is 8.92. The van der Waals surface area contributed by atoms with Crippen LogP contribution in [0.15, 0.2) is 64.6 Å². The van der Waals surface area contributed by atoms with Gasteiger partial charge in [0.05, 0.1) is 5.41 Å². The zero-order valence-electron chi connectivity index (χ0n) is 26.9. The van der Waals surface area contributed by atoms with E-state index in [0.29, 0.717) is 36.2 Å². The highest BCUT2D eigenvalue weighted by atomic mass is 16.6. The van der Waals surface area contributed by atoms with E-state index in [4.69, 9.17) is 13.9 Å². The van der Waals surface area contributed by atoms with Gasteiger partial charge < -0.3 is 13.9 Å². The number of esters is 2. The van der Waals surface area contributed by atoms with Gasteiger partial charge in [-0.3, -0.25) is 4.79 Å². The van der Waals surface area contributed by atoms with Crippen molar-refractivity contribution in [1.29, 1.82) is 0 Å². The van der Waals surface area contributed by atoms with Crippen LogP contribution in [0.4, 0.5) is 0 Å². The summed E-state index contributed by atoms with van der Waals surface area (Å²) in [5.74, 6) is 8.54. The molecule has 5 rings (SSSR count). The van der Waals surface area contributed by atoms with Gasteiger partial charge in [0.1, 0.15) is 24.1 Å². The first-order valence-electron chi connectivity index (χ1n) is 16.3. The third-order valence-electron chi connectivity index (χ3n) is 8.92. The summed E-state index contributed by atoms with van der Waals surface area (Å²) in [7, 11) is 0. The zero-order chi connectivity index (χ0) is 31.3. The first kappa shape index (κ1) is 31.6. The normalized spacial score (nSPS) is 18.5. The van der Waals surface area contributed by atoms with Crippen molar-refractivity contribution >= 4 is 22.9 Å². The van der Waals surface area contributed by atoms with Crippen molar-refractivity contribution < 1.29 is 23.5 Å². The smallest absolute Gasteiger partial charge is 0.334 e. The van der Waals surface area contributed by atoms with Gasteiger partial charge in [-0.05, 0) is 93.2 Å². The molecule has 3 aromatic rings. The van der Waals surface area contributed by atoms with E-state index in [1.54, 1.807) is 0 Å². The molecule has 0 radical (unpaired) electrons. The van der Waals surface area contributed by atoms with E-state index >= 15 is 0 Å². The summed E-state index contributed by atoms with van der Waals surface area (Å²) in [6.45, 7) is 11.1. The monoisotopic (exact) mass is 594 g/mol. The average molecular weight is 595 g/mol. The summed E-state index contributed by atoms with van der Waals surface area (Å²) in [6, 6.07) is 16.1. The largest absolute Gasteiger partial charge is 0.461 e. The molecule has 0 amide bonds. The number of carbonyl (C=O) groups excluding carboxylic acids is 2. The maximum atomic E-state index is 13.4. The molecule has 2 aliphatic rings. The van der Waals surface area contributed by atoms with E-state index in [0.717, 1.165) is 66.4 Å². The van der Waals surface area contributed by atoms with Crippen molar-refractivity contribution in [3.8, 4) is 11.8 Å². The Kier molecular flexibility index (Phi) is 9.99. The summed E-state index contributed by atoms with van der Waals surface area (Å²) in [6.07, 6.45) is 8.31. The van der Waals surface area contributed by atoms with E-state index in [1.165, 1.54) is 5.56 Å². The number of furan rings is 1. The number of rotatable bonds is 11. The Morgan fingerprint density at radius 3 is 2.34 bits per heavy atom. The Labute approximate surface area is 262 Å². The molecule has 5 nitrogen and oxygen atoms in total. The average Bonchev–Trinajstić information content (AvgIpc) is 3.52.